The van der Waals surface area contributed by atoms with E-state index in [0.717, 1.165) is 12.8 Å². The third kappa shape index (κ3) is 4.18. The highest BCUT2D eigenvalue weighted by Crippen LogP contribution is 2.37. The number of benzene rings is 1. The lowest BCUT2D eigenvalue weighted by Gasteiger charge is -2.14. The maximum Gasteiger partial charge on any atom is 0.387 e. The minimum atomic E-state index is -3.03. The van der Waals surface area contributed by atoms with Gasteiger partial charge in [-0.15, -0.1) is 0 Å². The molecule has 0 radical (unpaired) electrons. The second kappa shape index (κ2) is 6.77. The lowest BCUT2D eigenvalue weighted by atomic mass is 10.1. The summed E-state index contributed by atoms with van der Waals surface area (Å²) in [5.74, 6) is -0.652. The lowest BCUT2D eigenvalue weighted by Crippen LogP contribution is -2.23. The van der Waals surface area contributed by atoms with Crippen LogP contribution in [0.25, 0.3) is 0 Å². The van der Waals surface area contributed by atoms with Gasteiger partial charge in [0.1, 0.15) is 0 Å². The zero-order valence-corrected chi connectivity index (χ0v) is 12.4. The number of ether oxygens (including phenoxy) is 1. The van der Waals surface area contributed by atoms with Crippen LogP contribution in [0.5, 0.6) is 5.75 Å². The standard InChI is InChI=1S/C13H14Cl2F2N2O2/c14-9-4-8(5-10(15)11(9)21-13(16)17)19-12(20)6-1-2-7(18)3-6/h4-7,13H,1-3,18H2,(H,19,20). The topological polar surface area (TPSA) is 64.4 Å². The van der Waals surface area contributed by atoms with Crippen LogP contribution < -0.4 is 15.8 Å². The smallest absolute Gasteiger partial charge is 0.387 e. The summed E-state index contributed by atoms with van der Waals surface area (Å²) in [7, 11) is 0. The van der Waals surface area contributed by atoms with Crippen molar-refractivity contribution < 1.29 is 18.3 Å². The molecule has 0 heterocycles. The molecule has 1 aromatic rings. The average molecular weight is 339 g/mol. The fourth-order valence-corrected chi connectivity index (χ4v) is 2.91. The van der Waals surface area contributed by atoms with Gasteiger partial charge in [-0.05, 0) is 31.4 Å². The molecule has 116 valence electrons. The molecule has 8 heteroatoms. The Bertz CT molecular complexity index is 520. The Balaban J connectivity index is 2.09. The molecule has 0 spiro atoms. The SMILES string of the molecule is NC1CCC(C(=O)Nc2cc(Cl)c(OC(F)F)c(Cl)c2)C1. The maximum absolute atomic E-state index is 12.2. The molecule has 1 aliphatic carbocycles. The molecule has 1 aliphatic rings. The van der Waals surface area contributed by atoms with E-state index in [1.54, 1.807) is 0 Å². The van der Waals surface area contributed by atoms with Gasteiger partial charge in [-0.2, -0.15) is 8.78 Å². The van der Waals surface area contributed by atoms with Gasteiger partial charge >= 0.3 is 6.61 Å². The van der Waals surface area contributed by atoms with Gasteiger partial charge in [0.15, 0.2) is 5.75 Å². The zero-order chi connectivity index (χ0) is 15.6. The van der Waals surface area contributed by atoms with Gasteiger partial charge in [0, 0.05) is 17.6 Å². The van der Waals surface area contributed by atoms with Crippen molar-refractivity contribution in [2.75, 3.05) is 5.32 Å². The largest absolute Gasteiger partial charge is 0.432 e. The van der Waals surface area contributed by atoms with Crippen LogP contribution in [-0.2, 0) is 4.79 Å². The number of carbonyl (C=O) groups is 1. The molecule has 2 rings (SSSR count). The summed E-state index contributed by atoms with van der Waals surface area (Å²) in [6.07, 6.45) is 2.15. The Labute approximate surface area is 130 Å². The van der Waals surface area contributed by atoms with Crippen molar-refractivity contribution in [1.82, 2.24) is 0 Å². The van der Waals surface area contributed by atoms with E-state index in [1.807, 2.05) is 0 Å². The molecule has 0 bridgehead atoms. The fourth-order valence-electron chi connectivity index (χ4n) is 2.33. The Hall–Kier alpha value is -1.11. The van der Waals surface area contributed by atoms with Crippen LogP contribution in [0.15, 0.2) is 12.1 Å². The minimum absolute atomic E-state index is 0.0368. The van der Waals surface area contributed by atoms with Crippen molar-refractivity contribution in [3.8, 4) is 5.75 Å². The predicted molar refractivity (Wildman–Crippen MR) is 77.0 cm³/mol. The number of halogens is 4. The first-order valence-corrected chi connectivity index (χ1v) is 7.12. The Morgan fingerprint density at radius 2 is 1.95 bits per heavy atom. The van der Waals surface area contributed by atoms with Crippen molar-refractivity contribution >= 4 is 34.8 Å². The van der Waals surface area contributed by atoms with Crippen LogP contribution in [0.4, 0.5) is 14.5 Å². The number of nitrogens with one attached hydrogen (secondary N) is 1. The van der Waals surface area contributed by atoms with Gasteiger partial charge in [-0.25, -0.2) is 0 Å². The number of hydrogen-bond acceptors (Lipinski definition) is 3. The molecule has 21 heavy (non-hydrogen) atoms. The highest BCUT2D eigenvalue weighted by molar-refractivity contribution is 6.37. The van der Waals surface area contributed by atoms with Crippen LogP contribution in [0.3, 0.4) is 0 Å². The van der Waals surface area contributed by atoms with E-state index in [9.17, 15) is 13.6 Å². The van der Waals surface area contributed by atoms with E-state index in [-0.39, 0.29) is 33.7 Å². The van der Waals surface area contributed by atoms with Gasteiger partial charge in [-0.1, -0.05) is 23.2 Å². The van der Waals surface area contributed by atoms with Gasteiger partial charge in [0.2, 0.25) is 5.91 Å². The predicted octanol–water partition coefficient (Wildman–Crippen LogP) is 3.66. The molecule has 1 aromatic carbocycles. The number of carbonyl (C=O) groups excluding carboxylic acids is 1. The number of amides is 1. The molecule has 2 unspecified atom stereocenters. The number of anilines is 1. The molecule has 1 fully saturated rings. The van der Waals surface area contributed by atoms with Crippen molar-refractivity contribution in [3.63, 3.8) is 0 Å². The van der Waals surface area contributed by atoms with E-state index < -0.39 is 6.61 Å². The molecule has 2 atom stereocenters. The van der Waals surface area contributed by atoms with Crippen molar-refractivity contribution in [1.29, 1.82) is 0 Å². The maximum atomic E-state index is 12.2. The first-order chi connectivity index (χ1) is 9.86. The first kappa shape index (κ1) is 16.3. The van der Waals surface area contributed by atoms with Crippen LogP contribution in [0.1, 0.15) is 19.3 Å². The molecule has 3 N–H and O–H groups in total. The van der Waals surface area contributed by atoms with E-state index in [2.05, 4.69) is 10.1 Å². The average Bonchev–Trinajstić information content (AvgIpc) is 2.80. The first-order valence-electron chi connectivity index (χ1n) is 6.37. The third-order valence-corrected chi connectivity index (χ3v) is 3.88. The second-order valence-corrected chi connectivity index (χ2v) is 5.72. The third-order valence-electron chi connectivity index (χ3n) is 3.32. The molecule has 1 amide bonds. The zero-order valence-electron chi connectivity index (χ0n) is 10.9. The normalized spacial score (nSPS) is 21.6. The Kier molecular flexibility index (Phi) is 5.24. The van der Waals surface area contributed by atoms with E-state index >= 15 is 0 Å². The molecule has 0 aromatic heterocycles. The van der Waals surface area contributed by atoms with Gasteiger partial charge in [-0.3, -0.25) is 4.79 Å². The summed E-state index contributed by atoms with van der Waals surface area (Å²) < 4.78 is 28.6. The van der Waals surface area contributed by atoms with E-state index in [1.165, 1.54) is 12.1 Å². The highest BCUT2D eigenvalue weighted by atomic mass is 35.5. The summed E-state index contributed by atoms with van der Waals surface area (Å²) in [5, 5.41) is 2.47. The molecular weight excluding hydrogens is 325 g/mol. The van der Waals surface area contributed by atoms with Gasteiger partial charge in [0.05, 0.1) is 10.0 Å². The van der Waals surface area contributed by atoms with Crippen LogP contribution in [0.2, 0.25) is 10.0 Å². The molecule has 0 aliphatic heterocycles. The highest BCUT2D eigenvalue weighted by Gasteiger charge is 2.28. The minimum Gasteiger partial charge on any atom is -0.432 e. The van der Waals surface area contributed by atoms with Crippen molar-refractivity contribution in [2.24, 2.45) is 11.7 Å². The molecule has 4 nitrogen and oxygen atoms in total. The summed E-state index contributed by atoms with van der Waals surface area (Å²) in [6, 6.07) is 2.67. The lowest BCUT2D eigenvalue weighted by molar-refractivity contribution is -0.119. The summed E-state index contributed by atoms with van der Waals surface area (Å²) >= 11 is 11.7. The van der Waals surface area contributed by atoms with Gasteiger partial charge < -0.3 is 15.8 Å². The van der Waals surface area contributed by atoms with Crippen LogP contribution >= 0.6 is 23.2 Å². The summed E-state index contributed by atoms with van der Waals surface area (Å²) in [4.78, 5) is 12.0. The molecular formula is C13H14Cl2F2N2O2. The van der Waals surface area contributed by atoms with E-state index in [4.69, 9.17) is 28.9 Å². The fraction of sp³-hybridized carbons (Fsp3) is 0.462. The van der Waals surface area contributed by atoms with Crippen molar-refractivity contribution in [3.05, 3.63) is 22.2 Å². The second-order valence-electron chi connectivity index (χ2n) is 4.91. The summed E-state index contributed by atoms with van der Waals surface area (Å²) in [5.41, 5.74) is 6.09. The quantitative estimate of drug-likeness (QED) is 0.880. The van der Waals surface area contributed by atoms with E-state index in [0.29, 0.717) is 12.1 Å². The van der Waals surface area contributed by atoms with Crippen molar-refractivity contribution in [2.45, 2.75) is 31.9 Å². The van der Waals surface area contributed by atoms with Crippen LogP contribution in [-0.4, -0.2) is 18.6 Å². The monoisotopic (exact) mass is 338 g/mol. The summed E-state index contributed by atoms with van der Waals surface area (Å²) in [6.45, 7) is -3.03. The number of rotatable bonds is 4. The van der Waals surface area contributed by atoms with Gasteiger partial charge in [0.25, 0.3) is 0 Å². The molecule has 0 saturated heterocycles. The van der Waals surface area contributed by atoms with Crippen LogP contribution in [0, 0.1) is 5.92 Å². The number of nitrogens with two attached hydrogens (primary N) is 1. The Morgan fingerprint density at radius 3 is 2.43 bits per heavy atom. The number of alkyl halides is 2. The number of hydrogen-bond donors (Lipinski definition) is 2. The molecule has 1 saturated carbocycles. The Morgan fingerprint density at radius 1 is 1.33 bits per heavy atom.